The van der Waals surface area contributed by atoms with Crippen LogP contribution in [0.1, 0.15) is 58.3 Å². The van der Waals surface area contributed by atoms with Gasteiger partial charge in [0.15, 0.2) is 0 Å². The Morgan fingerprint density at radius 2 is 1.59 bits per heavy atom. The van der Waals surface area contributed by atoms with E-state index in [1.54, 1.807) is 0 Å². The standard InChI is InChI=1S/C11H24O4S.K/c1-2-3-8-11(12)9-6-4-5-7-10-16(13,14)15;/h11-12H,2-10H2,1H3,(H,13,14,15);/q;+1/p-1. The molecule has 0 aliphatic rings. The minimum absolute atomic E-state index is 0. The second-order valence-electron chi connectivity index (χ2n) is 4.26. The fraction of sp³-hybridized carbons (Fsp3) is 1.00. The molecule has 0 aromatic heterocycles. The van der Waals surface area contributed by atoms with E-state index in [4.69, 9.17) is 0 Å². The van der Waals surface area contributed by atoms with Crippen LogP contribution in [0.25, 0.3) is 0 Å². The maximum absolute atomic E-state index is 10.3. The zero-order chi connectivity index (χ0) is 12.4. The van der Waals surface area contributed by atoms with Crippen molar-refractivity contribution >= 4 is 10.1 Å². The van der Waals surface area contributed by atoms with Gasteiger partial charge in [-0.3, -0.25) is 0 Å². The quantitative estimate of drug-likeness (QED) is 0.319. The van der Waals surface area contributed by atoms with Crippen molar-refractivity contribution < 1.29 is 69.5 Å². The summed E-state index contributed by atoms with van der Waals surface area (Å²) in [7, 11) is -4.04. The van der Waals surface area contributed by atoms with Gasteiger partial charge < -0.3 is 9.66 Å². The van der Waals surface area contributed by atoms with Gasteiger partial charge in [0.1, 0.15) is 0 Å². The Hall–Kier alpha value is 1.51. The van der Waals surface area contributed by atoms with Gasteiger partial charge in [0.05, 0.1) is 16.2 Å². The van der Waals surface area contributed by atoms with Crippen LogP contribution >= 0.6 is 0 Å². The molecule has 0 aliphatic carbocycles. The Bertz CT molecular complexity index is 254. The van der Waals surface area contributed by atoms with Gasteiger partial charge in [-0.25, -0.2) is 8.42 Å². The van der Waals surface area contributed by atoms with E-state index in [-0.39, 0.29) is 63.2 Å². The Labute approximate surface area is 148 Å². The Morgan fingerprint density at radius 3 is 2.12 bits per heavy atom. The van der Waals surface area contributed by atoms with Gasteiger partial charge in [0.2, 0.25) is 0 Å². The van der Waals surface area contributed by atoms with E-state index in [1.165, 1.54) is 0 Å². The van der Waals surface area contributed by atoms with Crippen LogP contribution in [0.3, 0.4) is 0 Å². The van der Waals surface area contributed by atoms with Crippen molar-refractivity contribution in [2.45, 2.75) is 64.4 Å². The van der Waals surface area contributed by atoms with E-state index in [2.05, 4.69) is 6.92 Å². The molecule has 0 aromatic carbocycles. The molecular formula is C11H23KO4S. The molecule has 1 atom stereocenters. The van der Waals surface area contributed by atoms with E-state index in [9.17, 15) is 18.1 Å². The van der Waals surface area contributed by atoms with Crippen LogP contribution < -0.4 is 51.4 Å². The Morgan fingerprint density at radius 1 is 1.06 bits per heavy atom. The average molecular weight is 290 g/mol. The predicted octanol–water partition coefficient (Wildman–Crippen LogP) is -0.963. The van der Waals surface area contributed by atoms with Gasteiger partial charge in [-0.15, -0.1) is 0 Å². The molecule has 0 saturated carbocycles. The first-order valence-electron chi connectivity index (χ1n) is 6.07. The summed E-state index contributed by atoms with van der Waals surface area (Å²) in [6.07, 6.45) is 6.55. The molecule has 0 bridgehead atoms. The molecule has 4 nitrogen and oxygen atoms in total. The van der Waals surface area contributed by atoms with Crippen molar-refractivity contribution in [1.29, 1.82) is 0 Å². The first kappa shape index (κ1) is 20.8. The summed E-state index contributed by atoms with van der Waals surface area (Å²) >= 11 is 0. The van der Waals surface area contributed by atoms with Crippen molar-refractivity contribution in [3.8, 4) is 0 Å². The zero-order valence-electron chi connectivity index (χ0n) is 11.0. The minimum atomic E-state index is -4.04. The number of rotatable bonds is 10. The van der Waals surface area contributed by atoms with Crippen LogP contribution in [0.4, 0.5) is 0 Å². The van der Waals surface area contributed by atoms with Crippen molar-refractivity contribution in [2.75, 3.05) is 5.75 Å². The summed E-state index contributed by atoms with van der Waals surface area (Å²) in [5, 5.41) is 9.52. The van der Waals surface area contributed by atoms with Gasteiger partial charge in [0, 0.05) is 5.75 Å². The van der Waals surface area contributed by atoms with Crippen molar-refractivity contribution in [3.05, 3.63) is 0 Å². The summed E-state index contributed by atoms with van der Waals surface area (Å²) in [6, 6.07) is 0. The van der Waals surface area contributed by atoms with E-state index in [0.29, 0.717) is 6.42 Å². The van der Waals surface area contributed by atoms with Crippen LogP contribution in [-0.2, 0) is 10.1 Å². The van der Waals surface area contributed by atoms with Crippen LogP contribution in [0, 0.1) is 0 Å². The van der Waals surface area contributed by atoms with Crippen molar-refractivity contribution in [1.82, 2.24) is 0 Å². The van der Waals surface area contributed by atoms with Gasteiger partial charge in [-0.2, -0.15) is 0 Å². The molecule has 0 spiro atoms. The normalized spacial score (nSPS) is 13.1. The molecule has 1 unspecified atom stereocenters. The van der Waals surface area contributed by atoms with Gasteiger partial charge in [0.25, 0.3) is 0 Å². The van der Waals surface area contributed by atoms with Gasteiger partial charge >= 0.3 is 51.4 Å². The number of unbranched alkanes of at least 4 members (excludes halogenated alkanes) is 4. The smallest absolute Gasteiger partial charge is 0.748 e. The maximum atomic E-state index is 10.3. The van der Waals surface area contributed by atoms with Gasteiger partial charge in [-0.05, 0) is 19.3 Å². The van der Waals surface area contributed by atoms with Crippen LogP contribution in [0.15, 0.2) is 0 Å². The van der Waals surface area contributed by atoms with E-state index in [0.717, 1.165) is 44.9 Å². The van der Waals surface area contributed by atoms with E-state index in [1.807, 2.05) is 0 Å². The number of hydrogen-bond acceptors (Lipinski definition) is 4. The van der Waals surface area contributed by atoms with E-state index >= 15 is 0 Å². The van der Waals surface area contributed by atoms with Crippen molar-refractivity contribution in [2.24, 2.45) is 0 Å². The number of aliphatic hydroxyl groups excluding tert-OH is 1. The first-order valence-corrected chi connectivity index (χ1v) is 7.65. The summed E-state index contributed by atoms with van der Waals surface area (Å²) in [5.74, 6) is -0.259. The third-order valence-corrected chi connectivity index (χ3v) is 3.36. The second-order valence-corrected chi connectivity index (χ2v) is 5.78. The molecular weight excluding hydrogens is 267 g/mol. The topological polar surface area (TPSA) is 77.4 Å². The minimum Gasteiger partial charge on any atom is -0.748 e. The molecule has 0 aromatic rings. The van der Waals surface area contributed by atoms with Crippen molar-refractivity contribution in [3.63, 3.8) is 0 Å². The van der Waals surface area contributed by atoms with Gasteiger partial charge in [-0.1, -0.05) is 39.0 Å². The molecule has 0 heterocycles. The number of aliphatic hydroxyl groups is 1. The third-order valence-electron chi connectivity index (χ3n) is 2.57. The van der Waals surface area contributed by atoms with Crippen LogP contribution in [-0.4, -0.2) is 29.9 Å². The van der Waals surface area contributed by atoms with Crippen LogP contribution in [0.5, 0.6) is 0 Å². The second kappa shape index (κ2) is 12.5. The molecule has 6 heteroatoms. The molecule has 0 fully saturated rings. The Kier molecular flexibility index (Phi) is 15.3. The predicted molar refractivity (Wildman–Crippen MR) is 63.2 cm³/mol. The fourth-order valence-corrected chi connectivity index (χ4v) is 2.15. The molecule has 0 aliphatic heterocycles. The average Bonchev–Trinajstić information content (AvgIpc) is 2.18. The Balaban J connectivity index is 0. The molecule has 0 rings (SSSR count). The summed E-state index contributed by atoms with van der Waals surface area (Å²) in [4.78, 5) is 0. The number of hydrogen-bond donors (Lipinski definition) is 1. The third kappa shape index (κ3) is 17.5. The molecule has 1 N–H and O–H groups in total. The zero-order valence-corrected chi connectivity index (χ0v) is 15.0. The van der Waals surface area contributed by atoms with E-state index < -0.39 is 10.1 Å². The molecule has 0 amide bonds. The maximum Gasteiger partial charge on any atom is 1.00 e. The van der Waals surface area contributed by atoms with Crippen LogP contribution in [0.2, 0.25) is 0 Å². The monoisotopic (exact) mass is 290 g/mol. The summed E-state index contributed by atoms with van der Waals surface area (Å²) < 4.78 is 30.9. The molecule has 17 heavy (non-hydrogen) atoms. The largest absolute Gasteiger partial charge is 1.00 e. The SMILES string of the molecule is CCCCC(O)CCCCCCS(=O)(=O)[O-].[K+]. The molecule has 0 saturated heterocycles. The summed E-state index contributed by atoms with van der Waals surface area (Å²) in [5.41, 5.74) is 0. The first-order chi connectivity index (χ1) is 7.45. The fourth-order valence-electron chi connectivity index (χ4n) is 1.60. The summed E-state index contributed by atoms with van der Waals surface area (Å²) in [6.45, 7) is 2.09. The molecule has 0 radical (unpaired) electrons. The molecule has 98 valence electrons.